The molecule has 2 N–H and O–H groups in total. The van der Waals surface area contributed by atoms with Crippen molar-refractivity contribution in [1.29, 1.82) is 0 Å². The highest BCUT2D eigenvalue weighted by molar-refractivity contribution is 5.67. The second-order valence-electron chi connectivity index (χ2n) is 4.97. The van der Waals surface area contributed by atoms with Crippen LogP contribution in [-0.2, 0) is 4.74 Å². The molecule has 0 aliphatic heterocycles. The number of alkyl carbamates (subject to hydrolysis) is 1. The molecule has 0 aliphatic rings. The summed E-state index contributed by atoms with van der Waals surface area (Å²) in [7, 11) is 0. The van der Waals surface area contributed by atoms with E-state index in [4.69, 9.17) is 9.84 Å². The number of carbonyl (C=O) groups excluding carboxylic acids is 1. The lowest BCUT2D eigenvalue weighted by Crippen LogP contribution is -2.37. The Morgan fingerprint density at radius 1 is 1.33 bits per heavy atom. The number of nitrogens with one attached hydrogen (secondary N) is 1. The molecule has 0 rings (SSSR count). The number of aliphatic hydroxyl groups excluding tert-OH is 1. The Morgan fingerprint density at radius 3 is 2.27 bits per heavy atom. The van der Waals surface area contributed by atoms with Crippen LogP contribution >= 0.6 is 0 Å². The van der Waals surface area contributed by atoms with Crippen LogP contribution in [0.3, 0.4) is 0 Å². The van der Waals surface area contributed by atoms with E-state index in [2.05, 4.69) is 5.32 Å². The molecule has 0 bridgehead atoms. The highest BCUT2D eigenvalue weighted by atomic mass is 16.6. The molecule has 0 heterocycles. The molecule has 0 saturated carbocycles. The first-order chi connectivity index (χ1) is 6.70. The van der Waals surface area contributed by atoms with Crippen molar-refractivity contribution in [3.8, 4) is 0 Å². The van der Waals surface area contributed by atoms with Gasteiger partial charge in [-0.1, -0.05) is 0 Å². The Labute approximate surface area is 92.0 Å². The average Bonchev–Trinajstić information content (AvgIpc) is 1.96. The fraction of sp³-hybridized carbons (Fsp3) is 0.909. The van der Waals surface area contributed by atoms with Crippen molar-refractivity contribution in [2.75, 3.05) is 0 Å². The van der Waals surface area contributed by atoms with E-state index in [9.17, 15) is 4.79 Å². The summed E-state index contributed by atoms with van der Waals surface area (Å²) in [5.74, 6) is 0. The number of hydrogen-bond donors (Lipinski definition) is 2. The van der Waals surface area contributed by atoms with Gasteiger partial charge in [-0.3, -0.25) is 0 Å². The van der Waals surface area contributed by atoms with Gasteiger partial charge in [0, 0.05) is 6.04 Å². The monoisotopic (exact) mass is 217 g/mol. The molecule has 90 valence electrons. The van der Waals surface area contributed by atoms with Crippen LogP contribution in [0.5, 0.6) is 0 Å². The van der Waals surface area contributed by atoms with Crippen LogP contribution in [0.4, 0.5) is 4.79 Å². The first kappa shape index (κ1) is 14.2. The molecule has 1 amide bonds. The molecule has 0 fully saturated rings. The Balaban J connectivity index is 3.77. The molecular formula is C11H23NO3. The summed E-state index contributed by atoms with van der Waals surface area (Å²) in [6.45, 7) is 9.11. The van der Waals surface area contributed by atoms with Gasteiger partial charge in [0.2, 0.25) is 0 Å². The fourth-order valence-corrected chi connectivity index (χ4v) is 1.07. The molecule has 0 saturated heterocycles. The van der Waals surface area contributed by atoms with E-state index in [1.54, 1.807) is 6.92 Å². The molecule has 0 aromatic rings. The maximum Gasteiger partial charge on any atom is 0.407 e. The van der Waals surface area contributed by atoms with Gasteiger partial charge in [-0.2, -0.15) is 0 Å². The Bertz CT molecular complexity index is 196. The molecule has 2 atom stereocenters. The largest absolute Gasteiger partial charge is 0.444 e. The van der Waals surface area contributed by atoms with Crippen molar-refractivity contribution in [2.24, 2.45) is 0 Å². The lowest BCUT2D eigenvalue weighted by molar-refractivity contribution is 0.0501. The van der Waals surface area contributed by atoms with Crippen LogP contribution in [-0.4, -0.2) is 28.9 Å². The summed E-state index contributed by atoms with van der Waals surface area (Å²) < 4.78 is 5.10. The van der Waals surface area contributed by atoms with Gasteiger partial charge >= 0.3 is 6.09 Å². The molecule has 0 aliphatic carbocycles. The summed E-state index contributed by atoms with van der Waals surface area (Å²) in [6.07, 6.45) is 0.696. The summed E-state index contributed by atoms with van der Waals surface area (Å²) in [5, 5.41) is 11.8. The summed E-state index contributed by atoms with van der Waals surface area (Å²) in [6, 6.07) is 0.0226. The minimum Gasteiger partial charge on any atom is -0.444 e. The molecule has 0 aromatic heterocycles. The smallest absolute Gasteiger partial charge is 0.407 e. The molecule has 4 nitrogen and oxygen atoms in total. The molecule has 4 heteroatoms. The molecular weight excluding hydrogens is 194 g/mol. The van der Waals surface area contributed by atoms with Gasteiger partial charge < -0.3 is 15.2 Å². The van der Waals surface area contributed by atoms with Crippen LogP contribution in [0.1, 0.15) is 47.5 Å². The predicted molar refractivity (Wildman–Crippen MR) is 59.7 cm³/mol. The Kier molecular flexibility index (Phi) is 5.65. The van der Waals surface area contributed by atoms with Crippen molar-refractivity contribution in [3.63, 3.8) is 0 Å². The number of ether oxygens (including phenoxy) is 1. The van der Waals surface area contributed by atoms with Gasteiger partial charge in [-0.05, 0) is 47.5 Å². The van der Waals surface area contributed by atoms with Crippen LogP contribution in [0.15, 0.2) is 0 Å². The molecule has 15 heavy (non-hydrogen) atoms. The lowest BCUT2D eigenvalue weighted by Gasteiger charge is -2.22. The van der Waals surface area contributed by atoms with E-state index in [0.29, 0.717) is 6.42 Å². The van der Waals surface area contributed by atoms with Gasteiger partial charge in [0.25, 0.3) is 0 Å². The van der Waals surface area contributed by atoms with Gasteiger partial charge in [-0.15, -0.1) is 0 Å². The number of aliphatic hydroxyl groups is 1. The molecule has 0 spiro atoms. The van der Waals surface area contributed by atoms with E-state index in [1.165, 1.54) is 0 Å². The third-order valence-corrected chi connectivity index (χ3v) is 1.78. The minimum atomic E-state index is -0.464. The highest BCUT2D eigenvalue weighted by Crippen LogP contribution is 2.07. The summed E-state index contributed by atoms with van der Waals surface area (Å²) in [4.78, 5) is 11.3. The molecule has 1 unspecified atom stereocenters. The molecule has 0 aromatic carbocycles. The highest BCUT2D eigenvalue weighted by Gasteiger charge is 2.17. The lowest BCUT2D eigenvalue weighted by atomic mass is 10.1. The fourth-order valence-electron chi connectivity index (χ4n) is 1.07. The quantitative estimate of drug-likeness (QED) is 0.757. The van der Waals surface area contributed by atoms with E-state index in [-0.39, 0.29) is 12.1 Å². The van der Waals surface area contributed by atoms with Gasteiger partial charge in [-0.25, -0.2) is 4.79 Å². The van der Waals surface area contributed by atoms with E-state index in [1.807, 2.05) is 27.7 Å². The number of carbonyl (C=O) groups is 1. The zero-order valence-corrected chi connectivity index (χ0v) is 10.3. The van der Waals surface area contributed by atoms with Gasteiger partial charge in [0.1, 0.15) is 5.60 Å². The Morgan fingerprint density at radius 2 is 1.87 bits per heavy atom. The van der Waals surface area contributed by atoms with Crippen molar-refractivity contribution >= 4 is 6.09 Å². The second kappa shape index (κ2) is 5.95. The van der Waals surface area contributed by atoms with Crippen LogP contribution < -0.4 is 5.32 Å². The van der Waals surface area contributed by atoms with Crippen LogP contribution in [0.25, 0.3) is 0 Å². The van der Waals surface area contributed by atoms with E-state index < -0.39 is 11.7 Å². The standard InChI is InChI=1S/C11H23NO3/c1-8(6-7-9(2)13)12-10(14)15-11(3,4)5/h8-9,13H,6-7H2,1-5H3,(H,12,14)/t8-,9?/m1/s1. The third-order valence-electron chi connectivity index (χ3n) is 1.78. The average molecular weight is 217 g/mol. The SMILES string of the molecule is CC(O)CC[C@@H](C)NC(=O)OC(C)(C)C. The second-order valence-corrected chi connectivity index (χ2v) is 4.97. The van der Waals surface area contributed by atoms with Crippen LogP contribution in [0.2, 0.25) is 0 Å². The zero-order valence-electron chi connectivity index (χ0n) is 10.3. The summed E-state index contributed by atoms with van der Waals surface area (Å²) >= 11 is 0. The molecule has 0 radical (unpaired) electrons. The minimum absolute atomic E-state index is 0.0226. The topological polar surface area (TPSA) is 58.6 Å². The maximum absolute atomic E-state index is 11.3. The first-order valence-electron chi connectivity index (χ1n) is 5.38. The number of hydrogen-bond acceptors (Lipinski definition) is 3. The first-order valence-corrected chi connectivity index (χ1v) is 5.38. The number of amides is 1. The van der Waals surface area contributed by atoms with Crippen molar-refractivity contribution in [2.45, 2.75) is 65.2 Å². The Hall–Kier alpha value is -0.770. The predicted octanol–water partition coefficient (Wildman–Crippen LogP) is 2.06. The van der Waals surface area contributed by atoms with E-state index >= 15 is 0 Å². The van der Waals surface area contributed by atoms with Crippen molar-refractivity contribution in [1.82, 2.24) is 5.32 Å². The summed E-state index contributed by atoms with van der Waals surface area (Å²) in [5.41, 5.74) is -0.464. The van der Waals surface area contributed by atoms with Gasteiger partial charge in [0.15, 0.2) is 0 Å². The van der Waals surface area contributed by atoms with E-state index in [0.717, 1.165) is 6.42 Å². The number of rotatable bonds is 4. The van der Waals surface area contributed by atoms with Gasteiger partial charge in [0.05, 0.1) is 6.10 Å². The van der Waals surface area contributed by atoms with Crippen LogP contribution in [0, 0.1) is 0 Å². The maximum atomic E-state index is 11.3. The van der Waals surface area contributed by atoms with Crippen molar-refractivity contribution in [3.05, 3.63) is 0 Å². The van der Waals surface area contributed by atoms with Crippen molar-refractivity contribution < 1.29 is 14.6 Å². The zero-order chi connectivity index (χ0) is 12.1. The normalized spacial score (nSPS) is 15.6. The third kappa shape index (κ3) is 9.53.